The first kappa shape index (κ1) is 17.9. The Balaban J connectivity index is 3.47. The fourth-order valence-corrected chi connectivity index (χ4v) is 2.66. The predicted molar refractivity (Wildman–Crippen MR) is 78.8 cm³/mol. The summed E-state index contributed by atoms with van der Waals surface area (Å²) in [5.41, 5.74) is -1.50. The zero-order valence-electron chi connectivity index (χ0n) is 13.0. The van der Waals surface area contributed by atoms with Crippen LogP contribution in [0.4, 0.5) is 0 Å². The van der Waals surface area contributed by atoms with Gasteiger partial charge in [-0.25, -0.2) is 0 Å². The van der Waals surface area contributed by atoms with Crippen LogP contribution in [0.25, 0.3) is 0 Å². The van der Waals surface area contributed by atoms with Crippen molar-refractivity contribution in [2.45, 2.75) is 103 Å². The summed E-state index contributed by atoms with van der Waals surface area (Å²) >= 11 is 0. The normalized spacial score (nSPS) is 15.7. The van der Waals surface area contributed by atoms with Crippen molar-refractivity contribution in [2.75, 3.05) is 0 Å². The van der Waals surface area contributed by atoms with E-state index in [0.717, 1.165) is 12.8 Å². The van der Waals surface area contributed by atoms with Gasteiger partial charge in [-0.05, 0) is 27.2 Å². The van der Waals surface area contributed by atoms with Crippen molar-refractivity contribution in [2.24, 2.45) is 0 Å². The van der Waals surface area contributed by atoms with E-state index in [2.05, 4.69) is 6.92 Å². The molecule has 0 amide bonds. The molecule has 0 radical (unpaired) electrons. The molecule has 0 aromatic rings. The molecule has 0 aliphatic heterocycles. The van der Waals surface area contributed by atoms with Crippen molar-refractivity contribution in [3.63, 3.8) is 0 Å². The van der Waals surface area contributed by atoms with Crippen molar-refractivity contribution >= 4 is 0 Å². The number of hydrogen-bond acceptors (Lipinski definition) is 2. The van der Waals surface area contributed by atoms with Gasteiger partial charge in [-0.15, -0.1) is 0 Å². The van der Waals surface area contributed by atoms with E-state index in [1.807, 2.05) is 6.92 Å². The second-order valence-electron chi connectivity index (χ2n) is 6.71. The van der Waals surface area contributed by atoms with Gasteiger partial charge < -0.3 is 10.2 Å². The first-order valence-electron chi connectivity index (χ1n) is 7.71. The van der Waals surface area contributed by atoms with E-state index in [1.165, 1.54) is 44.9 Å². The third kappa shape index (κ3) is 12.4. The second kappa shape index (κ2) is 8.92. The molecule has 0 bridgehead atoms. The van der Waals surface area contributed by atoms with E-state index in [-0.39, 0.29) is 0 Å². The molecule has 0 aromatic carbocycles. The third-order valence-electron chi connectivity index (χ3n) is 3.38. The Morgan fingerprint density at radius 3 is 1.61 bits per heavy atom. The van der Waals surface area contributed by atoms with Crippen LogP contribution in [0.2, 0.25) is 0 Å². The Hall–Kier alpha value is -0.0800. The van der Waals surface area contributed by atoms with Crippen LogP contribution in [0.5, 0.6) is 0 Å². The largest absolute Gasteiger partial charge is 0.390 e. The quantitative estimate of drug-likeness (QED) is 0.538. The Morgan fingerprint density at radius 2 is 1.17 bits per heavy atom. The fraction of sp³-hybridized carbons (Fsp3) is 1.00. The Bertz CT molecular complexity index is 192. The van der Waals surface area contributed by atoms with Crippen LogP contribution < -0.4 is 0 Å². The highest BCUT2D eigenvalue weighted by Crippen LogP contribution is 2.25. The first-order chi connectivity index (χ1) is 8.27. The summed E-state index contributed by atoms with van der Waals surface area (Å²) in [6, 6.07) is 0. The van der Waals surface area contributed by atoms with Gasteiger partial charge in [0.25, 0.3) is 0 Å². The summed E-state index contributed by atoms with van der Waals surface area (Å²) in [6.45, 7) is 7.60. The van der Waals surface area contributed by atoms with Crippen LogP contribution in [0.1, 0.15) is 91.9 Å². The van der Waals surface area contributed by atoms with E-state index in [4.69, 9.17) is 0 Å². The molecule has 2 heteroatoms. The summed E-state index contributed by atoms with van der Waals surface area (Å²) in [6.07, 6.45) is 11.5. The predicted octanol–water partition coefficient (Wildman–Crippen LogP) is 4.43. The molecule has 0 spiro atoms. The SMILES string of the molecule is CCCCCCCCCCC(C)(O)CC(C)(C)O. The minimum absolute atomic E-state index is 0.455. The molecule has 0 saturated heterocycles. The molecule has 110 valence electrons. The van der Waals surface area contributed by atoms with Crippen molar-refractivity contribution in [3.8, 4) is 0 Å². The van der Waals surface area contributed by atoms with E-state index < -0.39 is 11.2 Å². The van der Waals surface area contributed by atoms with Gasteiger partial charge in [-0.3, -0.25) is 0 Å². The molecule has 0 rings (SSSR count). The van der Waals surface area contributed by atoms with Crippen LogP contribution in [-0.2, 0) is 0 Å². The van der Waals surface area contributed by atoms with Gasteiger partial charge in [0.05, 0.1) is 11.2 Å². The minimum Gasteiger partial charge on any atom is -0.390 e. The maximum absolute atomic E-state index is 10.2. The summed E-state index contributed by atoms with van der Waals surface area (Å²) in [7, 11) is 0. The van der Waals surface area contributed by atoms with Crippen molar-refractivity contribution in [1.29, 1.82) is 0 Å². The highest BCUT2D eigenvalue weighted by atomic mass is 16.3. The van der Waals surface area contributed by atoms with Crippen LogP contribution in [-0.4, -0.2) is 21.4 Å². The van der Waals surface area contributed by atoms with Crippen molar-refractivity contribution < 1.29 is 10.2 Å². The maximum Gasteiger partial charge on any atom is 0.0646 e. The number of aliphatic hydroxyl groups is 2. The lowest BCUT2D eigenvalue weighted by molar-refractivity contribution is -0.0409. The molecular formula is C16H34O2. The zero-order valence-corrected chi connectivity index (χ0v) is 13.0. The van der Waals surface area contributed by atoms with Gasteiger partial charge in [0.15, 0.2) is 0 Å². The standard InChI is InChI=1S/C16H34O2/c1-5-6-7-8-9-10-11-12-13-16(4,18)14-15(2,3)17/h17-18H,5-14H2,1-4H3. The molecule has 2 nitrogen and oxygen atoms in total. The Kier molecular flexibility index (Phi) is 8.89. The highest BCUT2D eigenvalue weighted by Gasteiger charge is 2.28. The lowest BCUT2D eigenvalue weighted by Gasteiger charge is -2.30. The molecule has 0 saturated carbocycles. The monoisotopic (exact) mass is 258 g/mol. The average molecular weight is 258 g/mol. The van der Waals surface area contributed by atoms with E-state index >= 15 is 0 Å². The molecule has 1 atom stereocenters. The number of rotatable bonds is 11. The second-order valence-corrected chi connectivity index (χ2v) is 6.71. The van der Waals surface area contributed by atoms with Crippen molar-refractivity contribution in [3.05, 3.63) is 0 Å². The van der Waals surface area contributed by atoms with Gasteiger partial charge >= 0.3 is 0 Å². The van der Waals surface area contributed by atoms with Gasteiger partial charge in [0.1, 0.15) is 0 Å². The van der Waals surface area contributed by atoms with E-state index in [0.29, 0.717) is 6.42 Å². The van der Waals surface area contributed by atoms with E-state index in [1.54, 1.807) is 13.8 Å². The molecule has 2 N–H and O–H groups in total. The molecule has 0 fully saturated rings. The van der Waals surface area contributed by atoms with Gasteiger partial charge in [-0.2, -0.15) is 0 Å². The summed E-state index contributed by atoms with van der Waals surface area (Å²) in [5.74, 6) is 0. The lowest BCUT2D eigenvalue weighted by atomic mass is 9.87. The van der Waals surface area contributed by atoms with Crippen molar-refractivity contribution in [1.82, 2.24) is 0 Å². The fourth-order valence-electron chi connectivity index (χ4n) is 2.66. The molecule has 18 heavy (non-hydrogen) atoms. The summed E-state index contributed by atoms with van der Waals surface area (Å²) in [4.78, 5) is 0. The average Bonchev–Trinajstić information content (AvgIpc) is 2.18. The molecule has 1 unspecified atom stereocenters. The molecule has 0 aromatic heterocycles. The highest BCUT2D eigenvalue weighted by molar-refractivity contribution is 4.81. The van der Waals surface area contributed by atoms with Crippen LogP contribution >= 0.6 is 0 Å². The van der Waals surface area contributed by atoms with Gasteiger partial charge in [-0.1, -0.05) is 58.3 Å². The lowest BCUT2D eigenvalue weighted by Crippen LogP contribution is -2.35. The number of hydrogen-bond donors (Lipinski definition) is 2. The molecular weight excluding hydrogens is 224 g/mol. The zero-order chi connectivity index (χ0) is 14.1. The Labute approximate surface area is 114 Å². The summed E-state index contributed by atoms with van der Waals surface area (Å²) in [5, 5.41) is 19.9. The molecule has 0 aliphatic carbocycles. The first-order valence-corrected chi connectivity index (χ1v) is 7.71. The Morgan fingerprint density at radius 1 is 0.722 bits per heavy atom. The van der Waals surface area contributed by atoms with E-state index in [9.17, 15) is 10.2 Å². The van der Waals surface area contributed by atoms with Crippen LogP contribution in [0.15, 0.2) is 0 Å². The maximum atomic E-state index is 10.2. The molecule has 0 heterocycles. The topological polar surface area (TPSA) is 40.5 Å². The van der Waals surface area contributed by atoms with Crippen LogP contribution in [0.3, 0.4) is 0 Å². The van der Waals surface area contributed by atoms with Gasteiger partial charge in [0.2, 0.25) is 0 Å². The van der Waals surface area contributed by atoms with Crippen LogP contribution in [0, 0.1) is 0 Å². The number of unbranched alkanes of at least 4 members (excludes halogenated alkanes) is 7. The minimum atomic E-state index is -0.774. The summed E-state index contributed by atoms with van der Waals surface area (Å²) < 4.78 is 0. The third-order valence-corrected chi connectivity index (χ3v) is 3.38. The smallest absolute Gasteiger partial charge is 0.0646 e. The van der Waals surface area contributed by atoms with Gasteiger partial charge in [0, 0.05) is 6.42 Å². The molecule has 0 aliphatic rings.